The van der Waals surface area contributed by atoms with E-state index < -0.39 is 17.7 Å². The zero-order chi connectivity index (χ0) is 15.4. The molecular formula is C13H10ClFN2O3S. The first-order valence-corrected chi connectivity index (χ1v) is 7.03. The Hall–Kier alpha value is -1.99. The highest BCUT2D eigenvalue weighted by atomic mass is 35.5. The van der Waals surface area contributed by atoms with E-state index in [0.29, 0.717) is 10.8 Å². The molecule has 0 atom stereocenters. The van der Waals surface area contributed by atoms with E-state index in [0.717, 1.165) is 6.07 Å². The number of methoxy groups -OCH3 is 1. The predicted octanol–water partition coefficient (Wildman–Crippen LogP) is 2.90. The van der Waals surface area contributed by atoms with E-state index >= 15 is 0 Å². The summed E-state index contributed by atoms with van der Waals surface area (Å²) in [6.45, 7) is 0. The Morgan fingerprint density at radius 1 is 1.48 bits per heavy atom. The molecule has 0 spiro atoms. The number of rotatable bonds is 4. The molecule has 1 amide bonds. The standard InChI is InChI=1S/C13H10ClFN2O3S/c1-20-11(18)5-8-6-21-13(16-8)17-12(19)7-2-3-10(15)9(14)4-7/h2-4,6H,5H2,1H3,(H,16,17,19). The third-order valence-electron chi connectivity index (χ3n) is 2.51. The highest BCUT2D eigenvalue weighted by Gasteiger charge is 2.12. The number of carbonyl (C=O) groups is 2. The maximum Gasteiger partial charge on any atom is 0.311 e. The van der Waals surface area contributed by atoms with Gasteiger partial charge < -0.3 is 4.74 Å². The van der Waals surface area contributed by atoms with Crippen molar-refractivity contribution in [2.24, 2.45) is 0 Å². The molecule has 2 rings (SSSR count). The Kier molecular flexibility index (Phi) is 4.87. The van der Waals surface area contributed by atoms with Gasteiger partial charge in [0.2, 0.25) is 0 Å². The van der Waals surface area contributed by atoms with Gasteiger partial charge in [0, 0.05) is 10.9 Å². The predicted molar refractivity (Wildman–Crippen MR) is 77.2 cm³/mol. The Balaban J connectivity index is 2.05. The largest absolute Gasteiger partial charge is 0.469 e. The molecule has 0 unspecified atom stereocenters. The van der Waals surface area contributed by atoms with E-state index in [1.807, 2.05) is 0 Å². The van der Waals surface area contributed by atoms with E-state index in [4.69, 9.17) is 11.6 Å². The number of benzene rings is 1. The molecule has 0 aliphatic heterocycles. The topological polar surface area (TPSA) is 68.3 Å². The molecule has 1 N–H and O–H groups in total. The summed E-state index contributed by atoms with van der Waals surface area (Å²) in [5, 5.41) is 4.40. The average molecular weight is 329 g/mol. The third-order valence-corrected chi connectivity index (χ3v) is 3.60. The number of ether oxygens (including phenoxy) is 1. The monoisotopic (exact) mass is 328 g/mol. The van der Waals surface area contributed by atoms with Crippen LogP contribution in [0.2, 0.25) is 5.02 Å². The Morgan fingerprint density at radius 3 is 2.90 bits per heavy atom. The Bertz CT molecular complexity index is 690. The fourth-order valence-electron chi connectivity index (χ4n) is 1.47. The van der Waals surface area contributed by atoms with Crippen molar-refractivity contribution >= 4 is 39.9 Å². The smallest absolute Gasteiger partial charge is 0.311 e. The third kappa shape index (κ3) is 3.99. The van der Waals surface area contributed by atoms with Gasteiger partial charge in [0.05, 0.1) is 24.2 Å². The molecule has 110 valence electrons. The number of carbonyl (C=O) groups excluding carboxylic acids is 2. The van der Waals surface area contributed by atoms with Crippen molar-refractivity contribution in [1.29, 1.82) is 0 Å². The highest BCUT2D eigenvalue weighted by Crippen LogP contribution is 2.19. The minimum absolute atomic E-state index is 0.0330. The molecule has 0 aliphatic rings. The molecule has 21 heavy (non-hydrogen) atoms. The van der Waals surface area contributed by atoms with E-state index in [-0.39, 0.29) is 17.0 Å². The normalized spacial score (nSPS) is 10.2. The van der Waals surface area contributed by atoms with Crippen LogP contribution in [0, 0.1) is 5.82 Å². The number of nitrogens with one attached hydrogen (secondary N) is 1. The van der Waals surface area contributed by atoms with E-state index in [9.17, 15) is 14.0 Å². The molecule has 0 saturated heterocycles. The van der Waals surface area contributed by atoms with Crippen LogP contribution in [0.25, 0.3) is 0 Å². The first-order valence-electron chi connectivity index (χ1n) is 5.77. The fourth-order valence-corrected chi connectivity index (χ4v) is 2.36. The van der Waals surface area contributed by atoms with Crippen molar-refractivity contribution in [3.63, 3.8) is 0 Å². The number of halogens is 2. The molecule has 0 aliphatic carbocycles. The van der Waals surface area contributed by atoms with Gasteiger partial charge in [-0.2, -0.15) is 0 Å². The lowest BCUT2D eigenvalue weighted by Crippen LogP contribution is -2.12. The maximum atomic E-state index is 13.0. The van der Waals surface area contributed by atoms with Crippen molar-refractivity contribution in [3.8, 4) is 0 Å². The molecule has 0 saturated carbocycles. The number of aromatic nitrogens is 1. The van der Waals surface area contributed by atoms with Gasteiger partial charge in [-0.05, 0) is 18.2 Å². The molecular weight excluding hydrogens is 319 g/mol. The van der Waals surface area contributed by atoms with Crippen LogP contribution in [0.15, 0.2) is 23.6 Å². The number of thiazole rings is 1. The lowest BCUT2D eigenvalue weighted by Gasteiger charge is -2.02. The highest BCUT2D eigenvalue weighted by molar-refractivity contribution is 7.14. The molecule has 1 aromatic heterocycles. The van der Waals surface area contributed by atoms with Crippen molar-refractivity contribution in [3.05, 3.63) is 45.7 Å². The Morgan fingerprint density at radius 2 is 2.24 bits per heavy atom. The van der Waals surface area contributed by atoms with Crippen molar-refractivity contribution < 1.29 is 18.7 Å². The summed E-state index contributed by atoms with van der Waals surface area (Å²) in [4.78, 5) is 27.1. The van der Waals surface area contributed by atoms with Crippen LogP contribution in [-0.2, 0) is 16.0 Å². The van der Waals surface area contributed by atoms with Crippen LogP contribution >= 0.6 is 22.9 Å². The molecule has 0 fully saturated rings. The van der Waals surface area contributed by atoms with Gasteiger partial charge in [0.1, 0.15) is 5.82 Å². The quantitative estimate of drug-likeness (QED) is 0.876. The summed E-state index contributed by atoms with van der Waals surface area (Å²) in [6, 6.07) is 3.66. The first kappa shape index (κ1) is 15.4. The number of hydrogen-bond acceptors (Lipinski definition) is 5. The lowest BCUT2D eigenvalue weighted by atomic mass is 10.2. The van der Waals surface area contributed by atoms with Crippen molar-refractivity contribution in [1.82, 2.24) is 4.98 Å². The van der Waals surface area contributed by atoms with Crippen LogP contribution in [-0.4, -0.2) is 24.0 Å². The second kappa shape index (κ2) is 6.64. The van der Waals surface area contributed by atoms with E-state index in [1.54, 1.807) is 5.38 Å². The molecule has 2 aromatic rings. The second-order valence-corrected chi connectivity index (χ2v) is 5.25. The SMILES string of the molecule is COC(=O)Cc1csc(NC(=O)c2ccc(F)c(Cl)c2)n1. The van der Waals surface area contributed by atoms with Gasteiger partial charge in [-0.15, -0.1) is 11.3 Å². The minimum Gasteiger partial charge on any atom is -0.469 e. The maximum absolute atomic E-state index is 13.0. The molecule has 5 nitrogen and oxygen atoms in total. The summed E-state index contributed by atoms with van der Waals surface area (Å²) in [6.07, 6.45) is 0.0330. The molecule has 0 bridgehead atoms. The average Bonchev–Trinajstić information content (AvgIpc) is 2.88. The molecule has 1 aromatic carbocycles. The summed E-state index contributed by atoms with van der Waals surface area (Å²) >= 11 is 6.79. The molecule has 1 heterocycles. The number of anilines is 1. The van der Waals surface area contributed by atoms with Gasteiger partial charge in [-0.25, -0.2) is 9.37 Å². The van der Waals surface area contributed by atoms with Crippen LogP contribution < -0.4 is 5.32 Å². The molecule has 8 heteroatoms. The zero-order valence-corrected chi connectivity index (χ0v) is 12.4. The summed E-state index contributed by atoms with van der Waals surface area (Å²) in [5.41, 5.74) is 0.713. The van der Waals surface area contributed by atoms with Crippen LogP contribution in [0.1, 0.15) is 16.1 Å². The zero-order valence-electron chi connectivity index (χ0n) is 10.9. The first-order chi connectivity index (χ1) is 9.99. The number of hydrogen-bond donors (Lipinski definition) is 1. The number of esters is 1. The van der Waals surface area contributed by atoms with E-state index in [2.05, 4.69) is 15.0 Å². The van der Waals surface area contributed by atoms with Crippen molar-refractivity contribution in [2.75, 3.05) is 12.4 Å². The van der Waals surface area contributed by atoms with Crippen LogP contribution in [0.4, 0.5) is 9.52 Å². The fraction of sp³-hybridized carbons (Fsp3) is 0.154. The minimum atomic E-state index is -0.595. The van der Waals surface area contributed by atoms with Gasteiger partial charge in [0.25, 0.3) is 5.91 Å². The van der Waals surface area contributed by atoms with Crippen LogP contribution in [0.5, 0.6) is 0 Å². The van der Waals surface area contributed by atoms with Gasteiger partial charge in [-0.3, -0.25) is 14.9 Å². The summed E-state index contributed by atoms with van der Waals surface area (Å²) in [7, 11) is 1.29. The van der Waals surface area contributed by atoms with Gasteiger partial charge in [-0.1, -0.05) is 11.6 Å². The lowest BCUT2D eigenvalue weighted by molar-refractivity contribution is -0.139. The number of amides is 1. The Labute approximate surface area is 128 Å². The van der Waals surface area contributed by atoms with Gasteiger partial charge >= 0.3 is 5.97 Å². The number of nitrogens with zero attached hydrogens (tertiary/aromatic N) is 1. The van der Waals surface area contributed by atoms with Crippen LogP contribution in [0.3, 0.4) is 0 Å². The van der Waals surface area contributed by atoms with Crippen molar-refractivity contribution in [2.45, 2.75) is 6.42 Å². The summed E-state index contributed by atoms with van der Waals surface area (Å²) < 4.78 is 17.6. The molecule has 0 radical (unpaired) electrons. The van der Waals surface area contributed by atoms with Gasteiger partial charge in [0.15, 0.2) is 5.13 Å². The van der Waals surface area contributed by atoms with E-state index in [1.165, 1.54) is 30.6 Å². The second-order valence-electron chi connectivity index (χ2n) is 3.98. The summed E-state index contributed by atoms with van der Waals surface area (Å²) in [5.74, 6) is -1.47.